The first-order valence-corrected chi connectivity index (χ1v) is 11.7. The van der Waals surface area contributed by atoms with E-state index in [1.165, 1.54) is 19.3 Å². The average molecular weight is 333 g/mol. The maximum atomic E-state index is 6.18. The molecule has 0 aliphatic carbocycles. The van der Waals surface area contributed by atoms with Gasteiger partial charge in [-0.1, -0.05) is 33.6 Å². The second-order valence-electron chi connectivity index (χ2n) is 6.02. The summed E-state index contributed by atoms with van der Waals surface area (Å²) in [7, 11) is -1.95. The molecule has 0 aromatic carbocycles. The van der Waals surface area contributed by atoms with E-state index >= 15 is 0 Å². The maximum Gasteiger partial charge on any atom is 0.337 e. The van der Waals surface area contributed by atoms with Crippen LogP contribution in [0.3, 0.4) is 0 Å². The number of unbranched alkanes of at least 4 members (excludes halogenated alkanes) is 3. The third-order valence-electron chi connectivity index (χ3n) is 3.90. The van der Waals surface area contributed by atoms with Gasteiger partial charge in [0.2, 0.25) is 0 Å². The van der Waals surface area contributed by atoms with Crippen LogP contribution in [0.1, 0.15) is 65.7 Å². The molecule has 0 amide bonds. The highest BCUT2D eigenvalue weighted by atomic mass is 28.4. The molecule has 3 N–H and O–H groups in total. The number of hydrogen-bond acceptors (Lipinski definition) is 4. The van der Waals surface area contributed by atoms with Crippen molar-refractivity contribution in [1.29, 1.82) is 0 Å². The first kappa shape index (κ1) is 22.1. The minimum absolute atomic E-state index is 0.826. The third-order valence-corrected chi connectivity index (χ3v) is 7.55. The van der Waals surface area contributed by atoms with Gasteiger partial charge >= 0.3 is 8.56 Å². The second-order valence-corrected chi connectivity index (χ2v) is 9.62. The number of hydrogen-bond donors (Lipinski definition) is 2. The van der Waals surface area contributed by atoms with E-state index in [1.54, 1.807) is 0 Å². The van der Waals surface area contributed by atoms with Gasteiger partial charge in [-0.2, -0.15) is 0 Å². The molecule has 0 fully saturated rings. The van der Waals surface area contributed by atoms with Crippen LogP contribution < -0.4 is 11.1 Å². The van der Waals surface area contributed by atoms with Crippen molar-refractivity contribution in [3.63, 3.8) is 0 Å². The van der Waals surface area contributed by atoms with Crippen LogP contribution in [0.5, 0.6) is 0 Å². The zero-order valence-corrected chi connectivity index (χ0v) is 16.3. The predicted octanol–water partition coefficient (Wildman–Crippen LogP) is 3.80. The van der Waals surface area contributed by atoms with Crippen molar-refractivity contribution in [1.82, 2.24) is 5.32 Å². The third kappa shape index (κ3) is 11.6. The Kier molecular flexibility index (Phi) is 16.0. The Morgan fingerprint density at radius 1 is 0.818 bits per heavy atom. The van der Waals surface area contributed by atoms with Crippen LogP contribution in [-0.2, 0) is 8.85 Å². The molecule has 0 heterocycles. The molecule has 0 bridgehead atoms. The molecule has 22 heavy (non-hydrogen) atoms. The fraction of sp³-hybridized carbons (Fsp3) is 1.00. The van der Waals surface area contributed by atoms with Gasteiger partial charge in [-0.15, -0.1) is 0 Å². The molecule has 0 atom stereocenters. The standard InChI is InChI=1S/C17H40N2O2Si/c1-4-15-20-22(6-3,21-16-5-2)17-11-14-19-13-10-8-7-9-12-18/h19H,4-18H2,1-3H3. The average Bonchev–Trinajstić information content (AvgIpc) is 2.55. The molecule has 0 aliphatic rings. The van der Waals surface area contributed by atoms with E-state index in [0.717, 1.165) is 70.6 Å². The van der Waals surface area contributed by atoms with Gasteiger partial charge in [-0.3, -0.25) is 0 Å². The van der Waals surface area contributed by atoms with Gasteiger partial charge in [-0.25, -0.2) is 0 Å². The van der Waals surface area contributed by atoms with E-state index in [4.69, 9.17) is 14.6 Å². The van der Waals surface area contributed by atoms with E-state index in [0.29, 0.717) is 0 Å². The lowest BCUT2D eigenvalue weighted by molar-refractivity contribution is 0.167. The van der Waals surface area contributed by atoms with E-state index in [9.17, 15) is 0 Å². The summed E-state index contributed by atoms with van der Waals surface area (Å²) in [5.41, 5.74) is 5.50. The molecule has 0 unspecified atom stereocenters. The molecule has 134 valence electrons. The quantitative estimate of drug-likeness (QED) is 0.314. The molecule has 0 saturated carbocycles. The highest BCUT2D eigenvalue weighted by molar-refractivity contribution is 6.67. The van der Waals surface area contributed by atoms with Crippen LogP contribution >= 0.6 is 0 Å². The van der Waals surface area contributed by atoms with Crippen molar-refractivity contribution >= 4 is 8.56 Å². The van der Waals surface area contributed by atoms with E-state index in [2.05, 4.69) is 26.1 Å². The Hall–Kier alpha value is 0.0569. The fourth-order valence-corrected chi connectivity index (χ4v) is 5.50. The van der Waals surface area contributed by atoms with Crippen LogP contribution in [0.4, 0.5) is 0 Å². The minimum atomic E-state index is -1.95. The molecular formula is C17H40N2O2Si. The van der Waals surface area contributed by atoms with Crippen LogP contribution in [0, 0.1) is 0 Å². The molecular weight excluding hydrogens is 292 g/mol. The summed E-state index contributed by atoms with van der Waals surface area (Å²) in [5.74, 6) is 0. The van der Waals surface area contributed by atoms with Crippen LogP contribution in [-0.4, -0.2) is 41.4 Å². The summed E-state index contributed by atoms with van der Waals surface area (Å²) in [4.78, 5) is 0. The van der Waals surface area contributed by atoms with Gasteiger partial charge in [0.15, 0.2) is 0 Å². The van der Waals surface area contributed by atoms with E-state index in [-0.39, 0.29) is 0 Å². The fourth-order valence-electron chi connectivity index (χ4n) is 2.50. The topological polar surface area (TPSA) is 56.5 Å². The number of rotatable bonds is 17. The minimum Gasteiger partial charge on any atom is -0.394 e. The molecule has 0 saturated heterocycles. The summed E-state index contributed by atoms with van der Waals surface area (Å²) >= 11 is 0. The van der Waals surface area contributed by atoms with E-state index in [1.807, 2.05) is 0 Å². The van der Waals surface area contributed by atoms with Gasteiger partial charge in [0.1, 0.15) is 0 Å². The smallest absolute Gasteiger partial charge is 0.337 e. The monoisotopic (exact) mass is 332 g/mol. The normalized spacial score (nSPS) is 12.0. The molecule has 4 nitrogen and oxygen atoms in total. The summed E-state index contributed by atoms with van der Waals surface area (Å²) in [6, 6.07) is 2.18. The molecule has 0 aliphatic heterocycles. The van der Waals surface area contributed by atoms with Crippen LogP contribution in [0.2, 0.25) is 12.1 Å². The van der Waals surface area contributed by atoms with Crippen molar-refractivity contribution in [3.8, 4) is 0 Å². The maximum absolute atomic E-state index is 6.18. The summed E-state index contributed by atoms with van der Waals surface area (Å²) in [5, 5.41) is 3.55. The largest absolute Gasteiger partial charge is 0.394 e. The highest BCUT2D eigenvalue weighted by Crippen LogP contribution is 2.21. The number of nitrogens with two attached hydrogens (primary N) is 1. The Morgan fingerprint density at radius 2 is 1.41 bits per heavy atom. The van der Waals surface area contributed by atoms with Crippen molar-refractivity contribution < 1.29 is 8.85 Å². The summed E-state index contributed by atoms with van der Waals surface area (Å²) in [6.07, 6.45) is 8.28. The second kappa shape index (κ2) is 15.9. The van der Waals surface area contributed by atoms with Gasteiger partial charge in [0.25, 0.3) is 0 Å². The van der Waals surface area contributed by atoms with Crippen LogP contribution in [0.25, 0.3) is 0 Å². The molecule has 0 aromatic heterocycles. The highest BCUT2D eigenvalue weighted by Gasteiger charge is 2.34. The lowest BCUT2D eigenvalue weighted by atomic mass is 10.2. The molecule has 0 radical (unpaired) electrons. The Morgan fingerprint density at radius 3 is 1.95 bits per heavy atom. The summed E-state index contributed by atoms with van der Waals surface area (Å²) < 4.78 is 12.4. The van der Waals surface area contributed by atoms with Crippen molar-refractivity contribution in [2.75, 3.05) is 32.8 Å². The van der Waals surface area contributed by atoms with Crippen molar-refractivity contribution in [3.05, 3.63) is 0 Å². The van der Waals surface area contributed by atoms with Crippen molar-refractivity contribution in [2.45, 2.75) is 77.8 Å². The molecule has 0 rings (SSSR count). The van der Waals surface area contributed by atoms with E-state index < -0.39 is 8.56 Å². The van der Waals surface area contributed by atoms with Crippen molar-refractivity contribution in [2.24, 2.45) is 5.73 Å². The van der Waals surface area contributed by atoms with Gasteiger partial charge < -0.3 is 19.9 Å². The first-order valence-electron chi connectivity index (χ1n) is 9.43. The zero-order valence-electron chi connectivity index (χ0n) is 15.3. The Labute approximate surface area is 139 Å². The van der Waals surface area contributed by atoms with Gasteiger partial charge in [0.05, 0.1) is 0 Å². The predicted molar refractivity (Wildman–Crippen MR) is 98.5 cm³/mol. The summed E-state index contributed by atoms with van der Waals surface area (Å²) in [6.45, 7) is 11.3. The van der Waals surface area contributed by atoms with Gasteiger partial charge in [0, 0.05) is 13.2 Å². The molecule has 0 aromatic rings. The number of nitrogens with one attached hydrogen (secondary N) is 1. The molecule has 0 spiro atoms. The first-order chi connectivity index (χ1) is 10.7. The lowest BCUT2D eigenvalue weighted by Gasteiger charge is -2.30. The zero-order chi connectivity index (χ0) is 16.5. The Bertz CT molecular complexity index is 223. The molecule has 5 heteroatoms. The lowest BCUT2D eigenvalue weighted by Crippen LogP contribution is -2.42. The Balaban J connectivity index is 3.82. The van der Waals surface area contributed by atoms with Gasteiger partial charge in [-0.05, 0) is 63.8 Å². The SMILES string of the molecule is CCCO[Si](CC)(CCCNCCCCCCN)OCCC. The van der Waals surface area contributed by atoms with Crippen LogP contribution in [0.15, 0.2) is 0 Å².